The molecule has 4 aromatic rings. The van der Waals surface area contributed by atoms with E-state index in [1.54, 1.807) is 13.3 Å². The van der Waals surface area contributed by atoms with Crippen molar-refractivity contribution in [3.63, 3.8) is 0 Å². The zero-order valence-corrected chi connectivity index (χ0v) is 20.9. The van der Waals surface area contributed by atoms with Gasteiger partial charge in [0.15, 0.2) is 0 Å². The van der Waals surface area contributed by atoms with Gasteiger partial charge in [-0.15, -0.1) is 0 Å². The number of nitrogens with zero attached hydrogens (tertiary/aromatic N) is 2. The minimum absolute atomic E-state index is 0.0125. The Kier molecular flexibility index (Phi) is 8.44. The molecule has 0 radical (unpaired) electrons. The number of Topliss-reactive ketones (excluding diaryl/α,β-unsaturated/α-hetero) is 1. The second kappa shape index (κ2) is 12.1. The highest BCUT2D eigenvalue weighted by molar-refractivity contribution is 5.93. The summed E-state index contributed by atoms with van der Waals surface area (Å²) in [5.41, 5.74) is 4.66. The molecule has 1 atom stereocenters. The summed E-state index contributed by atoms with van der Waals surface area (Å²) in [5.74, 6) is 1.02. The van der Waals surface area contributed by atoms with Crippen molar-refractivity contribution in [3.8, 4) is 11.3 Å². The normalized spacial score (nSPS) is 11.8. The molecule has 0 saturated carbocycles. The molecular weight excluding hydrogens is 450 g/mol. The first-order valence-corrected chi connectivity index (χ1v) is 12.5. The van der Waals surface area contributed by atoms with Gasteiger partial charge < -0.3 is 20.4 Å². The number of rotatable bonds is 12. The van der Waals surface area contributed by atoms with Crippen molar-refractivity contribution in [2.75, 3.05) is 10.6 Å². The standard InChI is InChI=1S/C29H33N5O2/c1-20(35)10-6-3-4-9-13-27(36)33-24-16-14-23(15-17-24)26-18-25-28(30-19-31-29(25)34-26)32-21(2)22-11-7-5-8-12-22/h5,7-8,11-12,14-19,21H,3-4,6,9-10,13H2,1-2H3,(H,33,36)(H2,30,31,32,34). The maximum absolute atomic E-state index is 12.3. The molecule has 2 heterocycles. The van der Waals surface area contributed by atoms with Crippen LogP contribution in [0.3, 0.4) is 0 Å². The molecule has 0 aliphatic rings. The number of aromatic amines is 1. The molecule has 7 heteroatoms. The summed E-state index contributed by atoms with van der Waals surface area (Å²) in [6.45, 7) is 3.73. The van der Waals surface area contributed by atoms with Crippen molar-refractivity contribution < 1.29 is 9.59 Å². The number of hydrogen-bond acceptors (Lipinski definition) is 5. The number of nitrogens with one attached hydrogen (secondary N) is 3. The first-order chi connectivity index (χ1) is 17.5. The SMILES string of the molecule is CC(=O)CCCCCCC(=O)Nc1ccc(-c2cc3c(NC(C)c4ccccc4)ncnc3[nH]2)cc1. The van der Waals surface area contributed by atoms with Gasteiger partial charge in [0.05, 0.1) is 5.39 Å². The van der Waals surface area contributed by atoms with Gasteiger partial charge in [-0.25, -0.2) is 9.97 Å². The summed E-state index contributed by atoms with van der Waals surface area (Å²) >= 11 is 0. The van der Waals surface area contributed by atoms with Crippen LogP contribution in [0.1, 0.15) is 64.0 Å². The summed E-state index contributed by atoms with van der Waals surface area (Å²) < 4.78 is 0. The Balaban J connectivity index is 1.35. The van der Waals surface area contributed by atoms with E-state index in [0.717, 1.165) is 59.5 Å². The number of anilines is 2. The number of H-pyrrole nitrogens is 1. The molecule has 7 nitrogen and oxygen atoms in total. The van der Waals surface area contributed by atoms with Crippen molar-refractivity contribution >= 4 is 34.2 Å². The van der Waals surface area contributed by atoms with Crippen LogP contribution in [0.2, 0.25) is 0 Å². The molecule has 186 valence electrons. The highest BCUT2D eigenvalue weighted by atomic mass is 16.1. The third-order valence-electron chi connectivity index (χ3n) is 6.24. The van der Waals surface area contributed by atoms with Crippen LogP contribution in [0.25, 0.3) is 22.3 Å². The van der Waals surface area contributed by atoms with Crippen LogP contribution in [0, 0.1) is 0 Å². The van der Waals surface area contributed by atoms with E-state index in [2.05, 4.69) is 50.7 Å². The van der Waals surface area contributed by atoms with Crippen LogP contribution in [-0.2, 0) is 9.59 Å². The predicted octanol–water partition coefficient (Wildman–Crippen LogP) is 6.67. The van der Waals surface area contributed by atoms with Crippen molar-refractivity contribution in [3.05, 3.63) is 72.6 Å². The number of aromatic nitrogens is 3. The van der Waals surface area contributed by atoms with E-state index in [9.17, 15) is 9.59 Å². The third kappa shape index (κ3) is 6.78. The topological polar surface area (TPSA) is 99.8 Å². The van der Waals surface area contributed by atoms with Crippen LogP contribution < -0.4 is 10.6 Å². The van der Waals surface area contributed by atoms with Crippen molar-refractivity contribution in [2.24, 2.45) is 0 Å². The second-order valence-electron chi connectivity index (χ2n) is 9.19. The monoisotopic (exact) mass is 483 g/mol. The molecule has 0 aliphatic carbocycles. The van der Waals surface area contributed by atoms with Crippen LogP contribution in [0.5, 0.6) is 0 Å². The molecule has 0 saturated heterocycles. The highest BCUT2D eigenvalue weighted by Crippen LogP contribution is 2.29. The second-order valence-corrected chi connectivity index (χ2v) is 9.19. The Morgan fingerprint density at radius 2 is 1.64 bits per heavy atom. The fraction of sp³-hybridized carbons (Fsp3) is 0.310. The van der Waals surface area contributed by atoms with Gasteiger partial charge in [-0.3, -0.25) is 4.79 Å². The lowest BCUT2D eigenvalue weighted by Crippen LogP contribution is -2.10. The Hall–Kier alpha value is -4.00. The summed E-state index contributed by atoms with van der Waals surface area (Å²) in [5, 5.41) is 7.39. The first-order valence-electron chi connectivity index (χ1n) is 12.5. The quantitative estimate of drug-likeness (QED) is 0.196. The lowest BCUT2D eigenvalue weighted by Gasteiger charge is -2.15. The van der Waals surface area contributed by atoms with Gasteiger partial charge in [0.1, 0.15) is 23.6 Å². The van der Waals surface area contributed by atoms with E-state index in [1.807, 2.05) is 42.5 Å². The number of unbranched alkanes of at least 4 members (excludes halogenated alkanes) is 3. The first kappa shape index (κ1) is 25.1. The number of benzene rings is 2. The molecule has 0 fully saturated rings. The molecule has 1 amide bonds. The van der Waals surface area contributed by atoms with E-state index in [0.29, 0.717) is 12.8 Å². The maximum atomic E-state index is 12.3. The number of ketones is 1. The Bertz CT molecular complexity index is 1300. The average Bonchev–Trinajstić information content (AvgIpc) is 3.32. The lowest BCUT2D eigenvalue weighted by atomic mass is 10.1. The largest absolute Gasteiger partial charge is 0.363 e. The van der Waals surface area contributed by atoms with Gasteiger partial charge in [0.2, 0.25) is 5.91 Å². The average molecular weight is 484 g/mol. The highest BCUT2D eigenvalue weighted by Gasteiger charge is 2.13. The zero-order valence-electron chi connectivity index (χ0n) is 20.9. The number of amides is 1. The fourth-order valence-electron chi connectivity index (χ4n) is 4.21. The minimum Gasteiger partial charge on any atom is -0.363 e. The third-order valence-corrected chi connectivity index (χ3v) is 6.24. The van der Waals surface area contributed by atoms with E-state index in [4.69, 9.17) is 0 Å². The molecule has 4 rings (SSSR count). The molecule has 2 aromatic carbocycles. The molecule has 36 heavy (non-hydrogen) atoms. The molecular formula is C29H33N5O2. The van der Waals surface area contributed by atoms with Crippen molar-refractivity contribution in [1.29, 1.82) is 0 Å². The van der Waals surface area contributed by atoms with Crippen molar-refractivity contribution in [2.45, 2.75) is 58.4 Å². The van der Waals surface area contributed by atoms with Crippen LogP contribution in [-0.4, -0.2) is 26.6 Å². The fourth-order valence-corrected chi connectivity index (χ4v) is 4.21. The van der Waals surface area contributed by atoms with Gasteiger partial charge in [-0.1, -0.05) is 55.3 Å². The van der Waals surface area contributed by atoms with E-state index >= 15 is 0 Å². The van der Waals surface area contributed by atoms with Gasteiger partial charge in [0, 0.05) is 30.3 Å². The minimum atomic E-state index is 0.0125. The van der Waals surface area contributed by atoms with Crippen LogP contribution >= 0.6 is 0 Å². The van der Waals surface area contributed by atoms with Gasteiger partial charge >= 0.3 is 0 Å². The van der Waals surface area contributed by atoms with E-state index < -0.39 is 0 Å². The van der Waals surface area contributed by atoms with Gasteiger partial charge in [-0.05, 0) is 56.0 Å². The Morgan fingerprint density at radius 1 is 0.917 bits per heavy atom. The molecule has 0 bridgehead atoms. The van der Waals surface area contributed by atoms with E-state index in [-0.39, 0.29) is 17.7 Å². The van der Waals surface area contributed by atoms with Gasteiger partial charge in [-0.2, -0.15) is 0 Å². The number of fused-ring (bicyclic) bond motifs is 1. The summed E-state index contributed by atoms with van der Waals surface area (Å²) in [6, 6.07) is 20.2. The lowest BCUT2D eigenvalue weighted by molar-refractivity contribution is -0.117. The number of carbonyl (C=O) groups is 2. The maximum Gasteiger partial charge on any atom is 0.224 e. The molecule has 2 aromatic heterocycles. The van der Waals surface area contributed by atoms with Crippen molar-refractivity contribution in [1.82, 2.24) is 15.0 Å². The predicted molar refractivity (Wildman–Crippen MR) is 145 cm³/mol. The molecule has 0 aliphatic heterocycles. The molecule has 0 spiro atoms. The Morgan fingerprint density at radius 3 is 2.36 bits per heavy atom. The van der Waals surface area contributed by atoms with E-state index in [1.165, 1.54) is 5.56 Å². The summed E-state index contributed by atoms with van der Waals surface area (Å²) in [4.78, 5) is 35.5. The number of hydrogen-bond donors (Lipinski definition) is 3. The van der Waals surface area contributed by atoms with Gasteiger partial charge in [0.25, 0.3) is 0 Å². The smallest absolute Gasteiger partial charge is 0.224 e. The summed E-state index contributed by atoms with van der Waals surface area (Å²) in [7, 11) is 0. The Labute approximate surface area is 211 Å². The van der Waals surface area contributed by atoms with Crippen LogP contribution in [0.4, 0.5) is 11.5 Å². The molecule has 3 N–H and O–H groups in total. The molecule has 1 unspecified atom stereocenters. The zero-order chi connectivity index (χ0) is 25.3. The summed E-state index contributed by atoms with van der Waals surface area (Å²) in [6.07, 6.45) is 6.36. The van der Waals surface area contributed by atoms with Crippen LogP contribution in [0.15, 0.2) is 67.0 Å². The number of carbonyl (C=O) groups excluding carboxylic acids is 2.